The molecule has 0 aliphatic rings. The normalized spacial score (nSPS) is 12.2. The van der Waals surface area contributed by atoms with Crippen LogP contribution in [0.1, 0.15) is 46.2 Å². The van der Waals surface area contributed by atoms with E-state index in [1.165, 1.54) is 18.3 Å². The molecule has 0 aliphatic carbocycles. The number of hydrogen-bond donors (Lipinski definition) is 0. The summed E-state index contributed by atoms with van der Waals surface area (Å²) in [6.07, 6.45) is -5.84. The minimum absolute atomic E-state index is 0.0113. The zero-order valence-electron chi connectivity index (χ0n) is 30.1. The predicted molar refractivity (Wildman–Crippen MR) is 213 cm³/mol. The molecule has 56 heavy (non-hydrogen) atoms. The summed E-state index contributed by atoms with van der Waals surface area (Å²) in [5, 5.41) is 0.969. The second kappa shape index (κ2) is 15.7. The number of rotatable bonds is 6. The van der Waals surface area contributed by atoms with E-state index in [2.05, 4.69) is 23.5 Å². The van der Waals surface area contributed by atoms with Crippen LogP contribution in [0.15, 0.2) is 177 Å². The van der Waals surface area contributed by atoms with Gasteiger partial charge in [0.25, 0.3) is 0 Å². The molecule has 0 spiro atoms. The molecular weight excluding hydrogens is 719 g/mol. The van der Waals surface area contributed by atoms with Gasteiger partial charge in [-0.2, -0.15) is 26.3 Å². The molecule has 1 unspecified atom stereocenters. The van der Waals surface area contributed by atoms with Crippen molar-refractivity contribution in [2.75, 3.05) is 0 Å². The monoisotopic (exact) mass is 752 g/mol. The lowest BCUT2D eigenvalue weighted by molar-refractivity contribution is -0.137. The SMILES string of the molecule is C=C(c1ccccc1)c1cnc2c(C(F)(F)F)cccc2c1-c1ccccc1.CC(c1ccccc1)c1cnc2c(C(F)(F)F)cccc2c1-c1ccccc1. The van der Waals surface area contributed by atoms with Gasteiger partial charge in [-0.3, -0.25) is 9.97 Å². The molecule has 0 fully saturated rings. The highest BCUT2D eigenvalue weighted by Crippen LogP contribution is 2.43. The Balaban J connectivity index is 0.000000172. The van der Waals surface area contributed by atoms with Gasteiger partial charge in [-0.25, -0.2) is 0 Å². The Labute approximate surface area is 320 Å². The number of benzene rings is 6. The van der Waals surface area contributed by atoms with Crippen LogP contribution in [-0.4, -0.2) is 9.97 Å². The third-order valence-electron chi connectivity index (χ3n) is 9.77. The molecule has 0 N–H and O–H groups in total. The molecule has 0 amide bonds. The van der Waals surface area contributed by atoms with E-state index in [9.17, 15) is 26.3 Å². The quantitative estimate of drug-likeness (QED) is 0.158. The van der Waals surface area contributed by atoms with Crippen LogP contribution in [0.25, 0.3) is 49.6 Å². The van der Waals surface area contributed by atoms with Gasteiger partial charge < -0.3 is 0 Å². The van der Waals surface area contributed by atoms with E-state index in [0.717, 1.165) is 45.5 Å². The van der Waals surface area contributed by atoms with E-state index in [1.54, 1.807) is 18.3 Å². The number of halogens is 6. The summed E-state index contributed by atoms with van der Waals surface area (Å²) in [5.74, 6) is -0.0113. The van der Waals surface area contributed by atoms with Crippen molar-refractivity contribution in [2.24, 2.45) is 0 Å². The third kappa shape index (κ3) is 7.68. The number of para-hydroxylation sites is 2. The summed E-state index contributed by atoms with van der Waals surface area (Å²) in [7, 11) is 0. The smallest absolute Gasteiger partial charge is 0.255 e. The maximum absolute atomic E-state index is 13.5. The summed E-state index contributed by atoms with van der Waals surface area (Å²) in [6, 6.07) is 46.8. The predicted octanol–water partition coefficient (Wildman–Crippen LogP) is 14.1. The van der Waals surface area contributed by atoms with Gasteiger partial charge >= 0.3 is 12.4 Å². The van der Waals surface area contributed by atoms with E-state index in [4.69, 9.17) is 0 Å². The van der Waals surface area contributed by atoms with Gasteiger partial charge in [0.05, 0.1) is 22.2 Å². The van der Waals surface area contributed by atoms with Gasteiger partial charge in [0.2, 0.25) is 0 Å². The van der Waals surface area contributed by atoms with Crippen molar-refractivity contribution in [1.82, 2.24) is 9.97 Å². The van der Waals surface area contributed by atoms with E-state index in [0.29, 0.717) is 27.5 Å². The first-order valence-electron chi connectivity index (χ1n) is 17.8. The first kappa shape index (κ1) is 37.8. The number of pyridine rings is 2. The second-order valence-corrected chi connectivity index (χ2v) is 13.2. The molecule has 8 heteroatoms. The molecule has 6 aromatic carbocycles. The molecule has 2 nitrogen and oxygen atoms in total. The maximum atomic E-state index is 13.5. The Morgan fingerprint density at radius 3 is 1.43 bits per heavy atom. The minimum Gasteiger partial charge on any atom is -0.255 e. The summed E-state index contributed by atoms with van der Waals surface area (Å²) in [5.41, 5.74) is 6.00. The summed E-state index contributed by atoms with van der Waals surface area (Å²) in [6.45, 7) is 6.25. The summed E-state index contributed by atoms with van der Waals surface area (Å²) >= 11 is 0. The first-order chi connectivity index (χ1) is 26.9. The van der Waals surface area contributed by atoms with Crippen LogP contribution in [0.4, 0.5) is 26.3 Å². The molecule has 0 saturated carbocycles. The number of aromatic nitrogens is 2. The van der Waals surface area contributed by atoms with Gasteiger partial charge in [0, 0.05) is 40.2 Å². The lowest BCUT2D eigenvalue weighted by Crippen LogP contribution is -2.08. The molecule has 2 heterocycles. The van der Waals surface area contributed by atoms with Crippen LogP contribution in [-0.2, 0) is 12.4 Å². The highest BCUT2D eigenvalue weighted by atomic mass is 19.4. The molecule has 2 aromatic heterocycles. The fourth-order valence-corrected chi connectivity index (χ4v) is 7.04. The molecule has 0 bridgehead atoms. The van der Waals surface area contributed by atoms with Crippen molar-refractivity contribution in [2.45, 2.75) is 25.2 Å². The minimum atomic E-state index is -4.47. The number of alkyl halides is 6. The highest BCUT2D eigenvalue weighted by molar-refractivity contribution is 6.03. The molecule has 8 rings (SSSR count). The highest BCUT2D eigenvalue weighted by Gasteiger charge is 2.35. The van der Waals surface area contributed by atoms with Crippen molar-refractivity contribution >= 4 is 27.4 Å². The van der Waals surface area contributed by atoms with Crippen LogP contribution in [0.2, 0.25) is 0 Å². The number of hydrogen-bond acceptors (Lipinski definition) is 2. The van der Waals surface area contributed by atoms with Gasteiger partial charge in [-0.15, -0.1) is 0 Å². The van der Waals surface area contributed by atoms with Gasteiger partial charge in [0.1, 0.15) is 0 Å². The largest absolute Gasteiger partial charge is 0.418 e. The van der Waals surface area contributed by atoms with E-state index in [-0.39, 0.29) is 17.0 Å². The van der Waals surface area contributed by atoms with Crippen LogP contribution in [0, 0.1) is 0 Å². The number of fused-ring (bicyclic) bond motifs is 2. The molecule has 0 saturated heterocycles. The molecule has 278 valence electrons. The molecule has 0 aliphatic heterocycles. The Kier molecular flexibility index (Phi) is 10.6. The fraction of sp³-hybridized carbons (Fsp3) is 0.0833. The Hall–Kier alpha value is -6.54. The van der Waals surface area contributed by atoms with Crippen LogP contribution >= 0.6 is 0 Å². The van der Waals surface area contributed by atoms with E-state index in [1.807, 2.05) is 121 Å². The third-order valence-corrected chi connectivity index (χ3v) is 9.77. The summed E-state index contributed by atoms with van der Waals surface area (Å²) in [4.78, 5) is 8.46. The van der Waals surface area contributed by atoms with Crippen molar-refractivity contribution < 1.29 is 26.3 Å². The zero-order chi connectivity index (χ0) is 39.5. The van der Waals surface area contributed by atoms with Crippen LogP contribution < -0.4 is 0 Å². The lowest BCUT2D eigenvalue weighted by atomic mass is 9.86. The van der Waals surface area contributed by atoms with Crippen molar-refractivity contribution in [3.8, 4) is 22.3 Å². The number of nitrogens with zero attached hydrogens (tertiary/aromatic N) is 2. The topological polar surface area (TPSA) is 25.8 Å². The molecule has 1 atom stereocenters. The van der Waals surface area contributed by atoms with E-state index >= 15 is 0 Å². The Morgan fingerprint density at radius 2 is 0.929 bits per heavy atom. The van der Waals surface area contributed by atoms with Crippen molar-refractivity contribution in [3.63, 3.8) is 0 Å². The second-order valence-electron chi connectivity index (χ2n) is 13.2. The molecular formula is C48H34F6N2. The van der Waals surface area contributed by atoms with E-state index < -0.39 is 23.5 Å². The average molecular weight is 753 g/mol. The molecule has 8 aromatic rings. The Morgan fingerprint density at radius 1 is 0.500 bits per heavy atom. The molecule has 0 radical (unpaired) electrons. The van der Waals surface area contributed by atoms with Crippen molar-refractivity contribution in [3.05, 3.63) is 210 Å². The fourth-order valence-electron chi connectivity index (χ4n) is 7.04. The van der Waals surface area contributed by atoms with Crippen LogP contribution in [0.3, 0.4) is 0 Å². The van der Waals surface area contributed by atoms with Gasteiger partial charge in [-0.1, -0.05) is 159 Å². The average Bonchev–Trinajstić information content (AvgIpc) is 3.22. The zero-order valence-corrected chi connectivity index (χ0v) is 30.1. The maximum Gasteiger partial charge on any atom is 0.418 e. The van der Waals surface area contributed by atoms with Gasteiger partial charge in [-0.05, 0) is 51.1 Å². The summed E-state index contributed by atoms with van der Waals surface area (Å²) < 4.78 is 81.2. The van der Waals surface area contributed by atoms with Crippen LogP contribution in [0.5, 0.6) is 0 Å². The Bertz CT molecular complexity index is 2620. The van der Waals surface area contributed by atoms with Crippen molar-refractivity contribution in [1.29, 1.82) is 0 Å². The van der Waals surface area contributed by atoms with Gasteiger partial charge in [0.15, 0.2) is 0 Å². The first-order valence-corrected chi connectivity index (χ1v) is 17.8. The lowest BCUT2D eigenvalue weighted by Gasteiger charge is -2.20. The standard InChI is InChI=1S/C24H18F3N.C24H16F3N/c2*1-16(17-9-4-2-5-10-17)20-15-28-23-19(13-8-14-21(23)24(25,26)27)22(20)18-11-6-3-7-12-18/h2-16H,1H3;2-15H,1H2.